The van der Waals surface area contributed by atoms with Crippen LogP contribution in [0, 0.1) is 18.3 Å². The van der Waals surface area contributed by atoms with Crippen molar-refractivity contribution in [2.75, 3.05) is 5.32 Å². The second-order valence-corrected chi connectivity index (χ2v) is 6.66. The van der Waals surface area contributed by atoms with E-state index in [9.17, 15) is 31.1 Å². The molecule has 32 heavy (non-hydrogen) atoms. The topological polar surface area (TPSA) is 78.7 Å². The summed E-state index contributed by atoms with van der Waals surface area (Å²) in [5.41, 5.74) is -2.15. The minimum absolute atomic E-state index is 0.0673. The zero-order chi connectivity index (χ0) is 23.7. The van der Waals surface area contributed by atoms with Gasteiger partial charge >= 0.3 is 12.4 Å². The second kappa shape index (κ2) is 8.30. The number of carbonyl (C=O) groups is 1. The van der Waals surface area contributed by atoms with Gasteiger partial charge < -0.3 is 0 Å². The number of rotatable bonds is 3. The summed E-state index contributed by atoms with van der Waals surface area (Å²) >= 11 is 0. The molecule has 0 aliphatic heterocycles. The van der Waals surface area contributed by atoms with Crippen LogP contribution in [0.1, 0.15) is 32.6 Å². The molecule has 1 amide bonds. The third-order valence-electron chi connectivity index (χ3n) is 4.33. The molecular weight excluding hydrogens is 438 g/mol. The number of alkyl halides is 6. The van der Waals surface area contributed by atoms with Crippen molar-refractivity contribution < 1.29 is 31.1 Å². The van der Waals surface area contributed by atoms with Gasteiger partial charge in [0.05, 0.1) is 28.5 Å². The molecule has 0 spiro atoms. The van der Waals surface area contributed by atoms with E-state index in [1.165, 1.54) is 18.3 Å². The number of amides is 1. The minimum Gasteiger partial charge on any atom is -0.290 e. The Balaban J connectivity index is 1.96. The molecule has 0 saturated carbocycles. The lowest BCUT2D eigenvalue weighted by molar-refractivity contribution is -0.143. The van der Waals surface area contributed by atoms with Crippen LogP contribution in [0.25, 0.3) is 11.3 Å². The molecule has 2 aromatic carbocycles. The van der Waals surface area contributed by atoms with Crippen LogP contribution >= 0.6 is 0 Å². The van der Waals surface area contributed by atoms with Gasteiger partial charge in [-0.25, -0.2) is 9.97 Å². The van der Waals surface area contributed by atoms with Gasteiger partial charge in [0.1, 0.15) is 0 Å². The third kappa shape index (κ3) is 5.03. The summed E-state index contributed by atoms with van der Waals surface area (Å²) in [6, 6.07) is 8.80. The van der Waals surface area contributed by atoms with E-state index in [4.69, 9.17) is 5.26 Å². The van der Waals surface area contributed by atoms with E-state index in [-0.39, 0.29) is 12.0 Å². The van der Waals surface area contributed by atoms with Crippen LogP contribution in [0.5, 0.6) is 0 Å². The molecule has 3 rings (SSSR count). The molecule has 0 aliphatic carbocycles. The smallest absolute Gasteiger partial charge is 0.290 e. The average molecular weight is 450 g/mol. The predicted molar refractivity (Wildman–Crippen MR) is 101 cm³/mol. The van der Waals surface area contributed by atoms with E-state index in [2.05, 4.69) is 15.3 Å². The number of nitriles is 1. The van der Waals surface area contributed by atoms with Gasteiger partial charge in [-0.05, 0) is 42.8 Å². The van der Waals surface area contributed by atoms with Crippen LogP contribution in [-0.2, 0) is 12.4 Å². The maximum atomic E-state index is 13.0. The summed E-state index contributed by atoms with van der Waals surface area (Å²) in [5, 5.41) is 11.0. The lowest BCUT2D eigenvalue weighted by atomic mass is 10.0. The van der Waals surface area contributed by atoms with Gasteiger partial charge in [-0.3, -0.25) is 10.1 Å². The van der Waals surface area contributed by atoms with Crippen LogP contribution in [0.4, 0.5) is 32.3 Å². The molecule has 5 nitrogen and oxygen atoms in total. The Bertz CT molecular complexity index is 1180. The first-order valence-electron chi connectivity index (χ1n) is 8.83. The number of nitrogens with one attached hydrogen (secondary N) is 1. The summed E-state index contributed by atoms with van der Waals surface area (Å²) in [6.07, 6.45) is -8.83. The van der Waals surface area contributed by atoms with E-state index < -0.39 is 35.0 Å². The van der Waals surface area contributed by atoms with Crippen LogP contribution in [0.3, 0.4) is 0 Å². The highest BCUT2D eigenvalue weighted by atomic mass is 19.4. The van der Waals surface area contributed by atoms with Gasteiger partial charge in [-0.15, -0.1) is 0 Å². The number of halogens is 6. The Kier molecular flexibility index (Phi) is 5.90. The van der Waals surface area contributed by atoms with E-state index in [0.717, 1.165) is 0 Å². The summed E-state index contributed by atoms with van der Waals surface area (Å²) in [5.74, 6) is -1.55. The third-order valence-corrected chi connectivity index (χ3v) is 4.33. The summed E-state index contributed by atoms with van der Waals surface area (Å²) in [4.78, 5) is 20.4. The first-order chi connectivity index (χ1) is 14.9. The molecule has 1 heterocycles. The number of aryl methyl sites for hydroxylation is 1. The Labute approximate surface area is 177 Å². The molecule has 0 unspecified atom stereocenters. The largest absolute Gasteiger partial charge is 0.416 e. The molecule has 1 N–H and O–H groups in total. The standard InChI is InChI=1S/C21H12F6N4O/c1-11-10-29-19(30-17(11)13-4-2-12(9-28)3-5-13)31-18(32)14-6-15(20(22,23)24)8-16(7-14)21(25,26)27/h2-8,10H,1H3,(H,29,30,31,32). The molecule has 0 fully saturated rings. The van der Waals surface area contributed by atoms with Gasteiger partial charge in [0, 0.05) is 17.3 Å². The molecule has 1 aromatic heterocycles. The van der Waals surface area contributed by atoms with Crippen LogP contribution in [-0.4, -0.2) is 15.9 Å². The monoisotopic (exact) mass is 450 g/mol. The zero-order valence-electron chi connectivity index (χ0n) is 16.1. The van der Waals surface area contributed by atoms with Crippen molar-refractivity contribution in [3.05, 3.63) is 76.5 Å². The van der Waals surface area contributed by atoms with Crippen molar-refractivity contribution in [2.24, 2.45) is 0 Å². The Morgan fingerprint density at radius 1 is 0.969 bits per heavy atom. The fourth-order valence-electron chi connectivity index (χ4n) is 2.76. The van der Waals surface area contributed by atoms with Crippen molar-refractivity contribution in [1.82, 2.24) is 9.97 Å². The fourth-order valence-corrected chi connectivity index (χ4v) is 2.76. The maximum Gasteiger partial charge on any atom is 0.416 e. The van der Waals surface area contributed by atoms with Gasteiger partial charge in [0.25, 0.3) is 5.91 Å². The average Bonchev–Trinajstić information content (AvgIpc) is 2.73. The number of carbonyl (C=O) groups excluding carboxylic acids is 1. The van der Waals surface area contributed by atoms with Crippen LogP contribution < -0.4 is 5.32 Å². The molecule has 0 radical (unpaired) electrons. The van der Waals surface area contributed by atoms with Gasteiger partial charge in [0.15, 0.2) is 0 Å². The highest BCUT2D eigenvalue weighted by molar-refractivity contribution is 6.03. The molecule has 0 saturated heterocycles. The molecule has 11 heteroatoms. The van der Waals surface area contributed by atoms with E-state index in [1.54, 1.807) is 19.1 Å². The van der Waals surface area contributed by atoms with Crippen molar-refractivity contribution in [1.29, 1.82) is 5.26 Å². The summed E-state index contributed by atoms with van der Waals surface area (Å²) < 4.78 is 78.1. The highest BCUT2D eigenvalue weighted by Crippen LogP contribution is 2.36. The van der Waals surface area contributed by atoms with Crippen molar-refractivity contribution >= 4 is 11.9 Å². The van der Waals surface area contributed by atoms with E-state index in [0.29, 0.717) is 34.5 Å². The number of benzene rings is 2. The van der Waals surface area contributed by atoms with Gasteiger partial charge in [-0.1, -0.05) is 12.1 Å². The number of hydrogen-bond donors (Lipinski definition) is 1. The quantitative estimate of drug-likeness (QED) is 0.526. The number of aromatic nitrogens is 2. The van der Waals surface area contributed by atoms with Gasteiger partial charge in [-0.2, -0.15) is 31.6 Å². The Hall–Kier alpha value is -3.94. The molecule has 0 aliphatic rings. The van der Waals surface area contributed by atoms with E-state index >= 15 is 0 Å². The Morgan fingerprint density at radius 2 is 1.53 bits per heavy atom. The molecule has 164 valence electrons. The predicted octanol–water partition coefficient (Wildman–Crippen LogP) is 5.61. The number of anilines is 1. The molecular formula is C21H12F6N4O. The highest BCUT2D eigenvalue weighted by Gasteiger charge is 2.37. The minimum atomic E-state index is -5.08. The van der Waals surface area contributed by atoms with Crippen molar-refractivity contribution in [3.8, 4) is 17.3 Å². The number of hydrogen-bond acceptors (Lipinski definition) is 4. The normalized spacial score (nSPS) is 11.7. The van der Waals surface area contributed by atoms with Gasteiger partial charge in [0.2, 0.25) is 5.95 Å². The second-order valence-electron chi connectivity index (χ2n) is 6.66. The first kappa shape index (κ1) is 22.7. The summed E-state index contributed by atoms with van der Waals surface area (Å²) in [7, 11) is 0. The van der Waals surface area contributed by atoms with Crippen molar-refractivity contribution in [3.63, 3.8) is 0 Å². The van der Waals surface area contributed by atoms with E-state index in [1.807, 2.05) is 6.07 Å². The zero-order valence-corrected chi connectivity index (χ0v) is 16.1. The maximum absolute atomic E-state index is 13.0. The lowest BCUT2D eigenvalue weighted by Crippen LogP contribution is -2.18. The van der Waals surface area contributed by atoms with Crippen molar-refractivity contribution in [2.45, 2.75) is 19.3 Å². The molecule has 3 aromatic rings. The fraction of sp³-hybridized carbons (Fsp3) is 0.143. The number of nitrogens with zero attached hydrogens (tertiary/aromatic N) is 3. The lowest BCUT2D eigenvalue weighted by Gasteiger charge is -2.14. The van der Waals surface area contributed by atoms with Crippen LogP contribution in [0.2, 0.25) is 0 Å². The molecule has 0 atom stereocenters. The van der Waals surface area contributed by atoms with Crippen LogP contribution in [0.15, 0.2) is 48.7 Å². The first-order valence-corrected chi connectivity index (χ1v) is 8.83. The molecule has 0 bridgehead atoms. The SMILES string of the molecule is Cc1cnc(NC(=O)c2cc(C(F)(F)F)cc(C(F)(F)F)c2)nc1-c1ccc(C#N)cc1. The summed E-state index contributed by atoms with van der Waals surface area (Å²) in [6.45, 7) is 1.67. The Morgan fingerprint density at radius 3 is 2.03 bits per heavy atom.